The fourth-order valence-corrected chi connectivity index (χ4v) is 4.62. The lowest BCUT2D eigenvalue weighted by Gasteiger charge is -2.36. The minimum absolute atomic E-state index is 0.175. The van der Waals surface area contributed by atoms with Crippen molar-refractivity contribution < 1.29 is 14.6 Å². The van der Waals surface area contributed by atoms with Crippen molar-refractivity contribution in [3.63, 3.8) is 0 Å². The maximum Gasteiger partial charge on any atom is 0.256 e. The van der Waals surface area contributed by atoms with Gasteiger partial charge in [0.15, 0.2) is 0 Å². The molecule has 1 aliphatic carbocycles. The first-order valence-corrected chi connectivity index (χ1v) is 10.6. The topological polar surface area (TPSA) is 58.6 Å². The first-order chi connectivity index (χ1) is 13.9. The number of hydrogen-bond donors (Lipinski definition) is 2. The number of benzene rings is 2. The third-order valence-electron chi connectivity index (χ3n) is 6.14. The molecule has 2 aromatic carbocycles. The van der Waals surface area contributed by atoms with E-state index in [0.29, 0.717) is 30.0 Å². The first-order valence-electron chi connectivity index (χ1n) is 10.2. The summed E-state index contributed by atoms with van der Waals surface area (Å²) in [5.41, 5.74) is 3.46. The highest BCUT2D eigenvalue weighted by Gasteiger charge is 2.48. The van der Waals surface area contributed by atoms with E-state index in [-0.39, 0.29) is 17.8 Å². The summed E-state index contributed by atoms with van der Waals surface area (Å²) in [4.78, 5) is 12.9. The van der Waals surface area contributed by atoms with E-state index >= 15 is 0 Å². The number of rotatable bonds is 4. The Hall–Kier alpha value is -2.30. The van der Waals surface area contributed by atoms with Gasteiger partial charge in [-0.1, -0.05) is 35.9 Å². The Balaban J connectivity index is 1.70. The van der Waals surface area contributed by atoms with Gasteiger partial charge in [0.1, 0.15) is 5.76 Å². The maximum absolute atomic E-state index is 12.9. The van der Waals surface area contributed by atoms with Crippen molar-refractivity contribution >= 4 is 23.1 Å². The standard InChI is InChI=1S/C24H26ClNO3/c1-3-29-19-10-12-24(13-11-19)22(27)21(23(28)26-24)20-14-17(5-4-15(20)2)16-6-8-18(25)9-7-16/h4-9,14,19,27H,3,10-13H2,1-2H3,(H,26,28)/t19-,24-. The maximum atomic E-state index is 12.9. The zero-order valence-electron chi connectivity index (χ0n) is 16.8. The average molecular weight is 412 g/mol. The van der Waals surface area contributed by atoms with Crippen LogP contribution in [0.25, 0.3) is 16.7 Å². The molecule has 2 aliphatic rings. The summed E-state index contributed by atoms with van der Waals surface area (Å²) in [5.74, 6) is -0.0254. The van der Waals surface area contributed by atoms with E-state index in [1.165, 1.54) is 0 Å². The Labute approximate surface area is 176 Å². The highest BCUT2D eigenvalue weighted by atomic mass is 35.5. The van der Waals surface area contributed by atoms with Gasteiger partial charge in [-0.3, -0.25) is 4.79 Å². The highest BCUT2D eigenvalue weighted by molar-refractivity contribution is 6.30. The van der Waals surface area contributed by atoms with Crippen molar-refractivity contribution in [2.75, 3.05) is 6.61 Å². The predicted octanol–water partition coefficient (Wildman–Crippen LogP) is 5.43. The van der Waals surface area contributed by atoms with Gasteiger partial charge in [0.2, 0.25) is 0 Å². The third-order valence-corrected chi connectivity index (χ3v) is 6.39. The van der Waals surface area contributed by atoms with Crippen LogP contribution in [-0.4, -0.2) is 29.3 Å². The second-order valence-electron chi connectivity index (χ2n) is 7.95. The molecular formula is C24H26ClNO3. The van der Waals surface area contributed by atoms with E-state index in [4.69, 9.17) is 16.3 Å². The van der Waals surface area contributed by atoms with Crippen molar-refractivity contribution in [3.05, 3.63) is 64.4 Å². The van der Waals surface area contributed by atoms with Gasteiger partial charge < -0.3 is 15.2 Å². The number of carbonyl (C=O) groups excluding carboxylic acids is 1. The highest BCUT2D eigenvalue weighted by Crippen LogP contribution is 2.43. The van der Waals surface area contributed by atoms with Crippen LogP contribution in [0.2, 0.25) is 5.02 Å². The second-order valence-corrected chi connectivity index (χ2v) is 8.39. The molecule has 152 valence electrons. The fourth-order valence-electron chi connectivity index (χ4n) is 4.50. The van der Waals surface area contributed by atoms with Crippen molar-refractivity contribution in [3.8, 4) is 11.1 Å². The second kappa shape index (κ2) is 7.85. The smallest absolute Gasteiger partial charge is 0.256 e. The summed E-state index contributed by atoms with van der Waals surface area (Å²) in [7, 11) is 0. The number of ether oxygens (including phenoxy) is 1. The minimum atomic E-state index is -0.664. The molecule has 0 bridgehead atoms. The fraction of sp³-hybridized carbons (Fsp3) is 0.375. The molecule has 1 fully saturated rings. The van der Waals surface area contributed by atoms with E-state index in [0.717, 1.165) is 35.1 Å². The van der Waals surface area contributed by atoms with Crippen LogP contribution in [0.5, 0.6) is 0 Å². The van der Waals surface area contributed by atoms with Gasteiger partial charge in [0.05, 0.1) is 17.2 Å². The van der Waals surface area contributed by atoms with Crippen LogP contribution < -0.4 is 5.32 Å². The molecule has 4 nitrogen and oxygen atoms in total. The van der Waals surface area contributed by atoms with Gasteiger partial charge in [-0.05, 0) is 80.0 Å². The van der Waals surface area contributed by atoms with E-state index < -0.39 is 5.54 Å². The number of amides is 1. The largest absolute Gasteiger partial charge is 0.509 e. The van der Waals surface area contributed by atoms with E-state index in [1.807, 2.05) is 56.3 Å². The number of halogens is 1. The lowest BCUT2D eigenvalue weighted by Crippen LogP contribution is -2.48. The molecule has 0 unspecified atom stereocenters. The minimum Gasteiger partial charge on any atom is -0.509 e. The number of aliphatic hydroxyl groups is 1. The van der Waals surface area contributed by atoms with Gasteiger partial charge in [-0.2, -0.15) is 0 Å². The van der Waals surface area contributed by atoms with Crippen LogP contribution in [0.3, 0.4) is 0 Å². The Bertz CT molecular complexity index is 957. The predicted molar refractivity (Wildman–Crippen MR) is 116 cm³/mol. The average Bonchev–Trinajstić information content (AvgIpc) is 2.95. The molecule has 29 heavy (non-hydrogen) atoms. The lowest BCUT2D eigenvalue weighted by molar-refractivity contribution is -0.116. The van der Waals surface area contributed by atoms with Crippen LogP contribution in [0.4, 0.5) is 0 Å². The quantitative estimate of drug-likeness (QED) is 0.705. The monoisotopic (exact) mass is 411 g/mol. The number of hydrogen-bond acceptors (Lipinski definition) is 3. The van der Waals surface area contributed by atoms with Crippen LogP contribution in [0.15, 0.2) is 48.2 Å². The van der Waals surface area contributed by atoms with Gasteiger partial charge in [0.25, 0.3) is 5.91 Å². The Kier molecular flexibility index (Phi) is 5.41. The number of aliphatic hydroxyl groups excluding tert-OH is 1. The molecule has 0 aromatic heterocycles. The Morgan fingerprint density at radius 3 is 2.45 bits per heavy atom. The molecule has 0 saturated heterocycles. The lowest BCUT2D eigenvalue weighted by atomic mass is 9.79. The van der Waals surface area contributed by atoms with Crippen LogP contribution in [-0.2, 0) is 9.53 Å². The van der Waals surface area contributed by atoms with Crippen molar-refractivity contribution in [2.45, 2.75) is 51.2 Å². The first kappa shape index (κ1) is 20.0. The van der Waals surface area contributed by atoms with E-state index in [9.17, 15) is 9.90 Å². The molecule has 4 rings (SSSR count). The molecule has 2 N–H and O–H groups in total. The molecule has 1 saturated carbocycles. The van der Waals surface area contributed by atoms with E-state index in [1.54, 1.807) is 0 Å². The summed E-state index contributed by atoms with van der Waals surface area (Å²) in [6.07, 6.45) is 3.24. The Morgan fingerprint density at radius 1 is 1.14 bits per heavy atom. The van der Waals surface area contributed by atoms with Crippen molar-refractivity contribution in [2.24, 2.45) is 0 Å². The van der Waals surface area contributed by atoms with E-state index in [2.05, 4.69) is 5.32 Å². The SMILES string of the molecule is CCO[C@H]1CC[C@@]2(CC1)NC(=O)C(c1cc(-c3ccc(Cl)cc3)ccc1C)=C2O. The molecule has 1 aliphatic heterocycles. The summed E-state index contributed by atoms with van der Waals surface area (Å²) in [6.45, 7) is 4.65. The van der Waals surface area contributed by atoms with Gasteiger partial charge in [0, 0.05) is 11.6 Å². The zero-order chi connectivity index (χ0) is 20.6. The molecule has 5 heteroatoms. The molecule has 0 radical (unpaired) electrons. The van der Waals surface area contributed by atoms with Gasteiger partial charge in [-0.25, -0.2) is 0 Å². The van der Waals surface area contributed by atoms with Crippen molar-refractivity contribution in [1.82, 2.24) is 5.32 Å². The molecule has 1 amide bonds. The molecule has 2 aromatic rings. The third kappa shape index (κ3) is 3.67. The van der Waals surface area contributed by atoms with Gasteiger partial charge in [-0.15, -0.1) is 0 Å². The normalized spacial score (nSPS) is 24.2. The summed E-state index contributed by atoms with van der Waals surface area (Å²) >= 11 is 6.01. The summed E-state index contributed by atoms with van der Waals surface area (Å²) in [6, 6.07) is 13.6. The number of nitrogens with one attached hydrogen (secondary N) is 1. The van der Waals surface area contributed by atoms with Crippen LogP contribution >= 0.6 is 11.6 Å². The molecule has 0 atom stereocenters. The Morgan fingerprint density at radius 2 is 1.79 bits per heavy atom. The molecule has 1 spiro atoms. The zero-order valence-corrected chi connectivity index (χ0v) is 17.6. The van der Waals surface area contributed by atoms with Crippen LogP contribution in [0.1, 0.15) is 43.7 Å². The summed E-state index contributed by atoms with van der Waals surface area (Å²) in [5, 5.41) is 14.9. The molecule has 1 heterocycles. The van der Waals surface area contributed by atoms with Crippen LogP contribution in [0, 0.1) is 6.92 Å². The van der Waals surface area contributed by atoms with Gasteiger partial charge >= 0.3 is 0 Å². The number of aryl methyl sites for hydroxylation is 1. The summed E-state index contributed by atoms with van der Waals surface area (Å²) < 4.78 is 5.73. The molecular weight excluding hydrogens is 386 g/mol. The number of carbonyl (C=O) groups is 1. The van der Waals surface area contributed by atoms with Crippen molar-refractivity contribution in [1.29, 1.82) is 0 Å².